The lowest BCUT2D eigenvalue weighted by atomic mass is 9.95. The van der Waals surface area contributed by atoms with E-state index < -0.39 is 12.0 Å². The van der Waals surface area contributed by atoms with Crippen molar-refractivity contribution in [1.29, 1.82) is 0 Å². The van der Waals surface area contributed by atoms with E-state index in [1.165, 1.54) is 0 Å². The molecule has 0 radical (unpaired) electrons. The summed E-state index contributed by atoms with van der Waals surface area (Å²) in [7, 11) is 0. The summed E-state index contributed by atoms with van der Waals surface area (Å²) in [5.74, 6) is -0.426. The van der Waals surface area contributed by atoms with Crippen LogP contribution in [-0.2, 0) is 9.53 Å². The number of benzene rings is 1. The third-order valence-corrected chi connectivity index (χ3v) is 3.58. The van der Waals surface area contributed by atoms with Gasteiger partial charge in [-0.1, -0.05) is 30.3 Å². The Hall–Kier alpha value is -2.34. The van der Waals surface area contributed by atoms with Crippen LogP contribution in [-0.4, -0.2) is 30.7 Å². The van der Waals surface area contributed by atoms with E-state index in [0.717, 1.165) is 5.56 Å². The highest BCUT2D eigenvalue weighted by Gasteiger charge is 2.33. The Morgan fingerprint density at radius 1 is 1.25 bits per heavy atom. The van der Waals surface area contributed by atoms with Gasteiger partial charge in [-0.15, -0.1) is 0 Å². The highest BCUT2D eigenvalue weighted by molar-refractivity contribution is 5.95. The van der Waals surface area contributed by atoms with E-state index >= 15 is 0 Å². The molecule has 1 aromatic rings. The Labute approximate surface area is 142 Å². The van der Waals surface area contributed by atoms with Gasteiger partial charge in [0.2, 0.25) is 0 Å². The molecule has 24 heavy (non-hydrogen) atoms. The molecule has 0 fully saturated rings. The van der Waals surface area contributed by atoms with Gasteiger partial charge in [0, 0.05) is 17.8 Å². The standard InChI is InChI=1S/C18H25N3O3/c1-5-24-16(22)14-13(11-19-18(2,3)4)20-17(23)21-15(14)12-9-7-6-8-10-12/h6-10,15,19H,5,11H2,1-4H3,(H2,20,21,23). The molecule has 0 aromatic heterocycles. The summed E-state index contributed by atoms with van der Waals surface area (Å²) in [5, 5.41) is 8.86. The van der Waals surface area contributed by atoms with E-state index in [-0.39, 0.29) is 18.2 Å². The fraction of sp³-hybridized carbons (Fsp3) is 0.444. The third kappa shape index (κ3) is 4.58. The first-order chi connectivity index (χ1) is 11.3. The molecule has 2 rings (SSSR count). The zero-order valence-corrected chi connectivity index (χ0v) is 14.6. The minimum atomic E-state index is -0.532. The van der Waals surface area contributed by atoms with Crippen molar-refractivity contribution in [3.05, 3.63) is 47.2 Å². The van der Waals surface area contributed by atoms with E-state index in [0.29, 0.717) is 17.8 Å². The van der Waals surface area contributed by atoms with Crippen LogP contribution in [0.1, 0.15) is 39.3 Å². The van der Waals surface area contributed by atoms with Gasteiger partial charge in [0.05, 0.1) is 18.2 Å². The molecule has 1 unspecified atom stereocenters. The van der Waals surface area contributed by atoms with E-state index in [1.807, 2.05) is 51.1 Å². The highest BCUT2D eigenvalue weighted by Crippen LogP contribution is 2.27. The van der Waals surface area contributed by atoms with Crippen molar-refractivity contribution in [3.8, 4) is 0 Å². The lowest BCUT2D eigenvalue weighted by Gasteiger charge is -2.31. The number of esters is 1. The molecule has 0 spiro atoms. The molecule has 130 valence electrons. The second-order valence-electron chi connectivity index (χ2n) is 6.66. The monoisotopic (exact) mass is 331 g/mol. The largest absolute Gasteiger partial charge is 0.463 e. The Balaban J connectivity index is 2.43. The average molecular weight is 331 g/mol. The van der Waals surface area contributed by atoms with Crippen LogP contribution in [0.2, 0.25) is 0 Å². The third-order valence-electron chi connectivity index (χ3n) is 3.58. The zero-order valence-electron chi connectivity index (χ0n) is 14.6. The molecule has 2 amide bonds. The van der Waals surface area contributed by atoms with Gasteiger partial charge in [-0.3, -0.25) is 0 Å². The van der Waals surface area contributed by atoms with E-state index in [1.54, 1.807) is 6.92 Å². The Morgan fingerprint density at radius 2 is 1.92 bits per heavy atom. The fourth-order valence-corrected chi connectivity index (χ4v) is 2.46. The first kappa shape index (κ1) is 18.0. The Kier molecular flexibility index (Phi) is 5.62. The minimum absolute atomic E-state index is 0.148. The summed E-state index contributed by atoms with van der Waals surface area (Å²) in [6.45, 7) is 8.48. The van der Waals surface area contributed by atoms with Crippen LogP contribution in [0.15, 0.2) is 41.6 Å². The molecule has 0 bridgehead atoms. The topological polar surface area (TPSA) is 79.5 Å². The maximum atomic E-state index is 12.5. The molecule has 6 heteroatoms. The van der Waals surface area contributed by atoms with Gasteiger partial charge in [-0.05, 0) is 33.3 Å². The molecular formula is C18H25N3O3. The molecule has 1 atom stereocenters. The Morgan fingerprint density at radius 3 is 2.50 bits per heavy atom. The first-order valence-corrected chi connectivity index (χ1v) is 8.09. The molecule has 1 heterocycles. The van der Waals surface area contributed by atoms with Crippen LogP contribution >= 0.6 is 0 Å². The highest BCUT2D eigenvalue weighted by atomic mass is 16.5. The molecule has 0 aliphatic carbocycles. The SMILES string of the molecule is CCOC(=O)C1=C(CNC(C)(C)C)NC(=O)NC1c1ccccc1. The van der Waals surface area contributed by atoms with Gasteiger partial charge in [0.25, 0.3) is 0 Å². The van der Waals surface area contributed by atoms with Gasteiger partial charge in [-0.2, -0.15) is 0 Å². The summed E-state index contributed by atoms with van der Waals surface area (Å²) in [6, 6.07) is 8.54. The maximum absolute atomic E-state index is 12.5. The van der Waals surface area contributed by atoms with Crippen LogP contribution in [0.5, 0.6) is 0 Å². The lowest BCUT2D eigenvalue weighted by Crippen LogP contribution is -2.49. The number of hydrogen-bond donors (Lipinski definition) is 3. The summed E-state index contributed by atoms with van der Waals surface area (Å²) in [5.41, 5.74) is 1.66. The van der Waals surface area contributed by atoms with Crippen LogP contribution in [0, 0.1) is 0 Å². The fourth-order valence-electron chi connectivity index (χ4n) is 2.46. The number of hydrogen-bond acceptors (Lipinski definition) is 4. The number of ether oxygens (including phenoxy) is 1. The van der Waals surface area contributed by atoms with Gasteiger partial charge < -0.3 is 20.7 Å². The van der Waals surface area contributed by atoms with Crippen LogP contribution in [0.25, 0.3) is 0 Å². The van der Waals surface area contributed by atoms with E-state index in [4.69, 9.17) is 4.74 Å². The molecule has 3 N–H and O–H groups in total. The molecule has 1 aliphatic heterocycles. The van der Waals surface area contributed by atoms with Gasteiger partial charge in [-0.25, -0.2) is 9.59 Å². The second-order valence-corrected chi connectivity index (χ2v) is 6.66. The molecule has 6 nitrogen and oxygen atoms in total. The number of urea groups is 1. The summed E-state index contributed by atoms with van der Waals surface area (Å²) < 4.78 is 5.21. The second kappa shape index (κ2) is 7.49. The first-order valence-electron chi connectivity index (χ1n) is 8.09. The summed E-state index contributed by atoms with van der Waals surface area (Å²) in [6.07, 6.45) is 0. The maximum Gasteiger partial charge on any atom is 0.338 e. The molecule has 1 aliphatic rings. The van der Waals surface area contributed by atoms with Crippen LogP contribution in [0.4, 0.5) is 4.79 Å². The predicted molar refractivity (Wildman–Crippen MR) is 92.3 cm³/mol. The van der Waals surface area contributed by atoms with Gasteiger partial charge >= 0.3 is 12.0 Å². The quantitative estimate of drug-likeness (QED) is 0.723. The number of carbonyl (C=O) groups is 2. The minimum Gasteiger partial charge on any atom is -0.463 e. The van der Waals surface area contributed by atoms with Gasteiger partial charge in [0.1, 0.15) is 0 Å². The van der Waals surface area contributed by atoms with E-state index in [9.17, 15) is 9.59 Å². The predicted octanol–water partition coefficient (Wildman–Crippen LogP) is 2.25. The molecule has 0 saturated carbocycles. The van der Waals surface area contributed by atoms with Crippen molar-refractivity contribution < 1.29 is 14.3 Å². The zero-order chi connectivity index (χ0) is 17.7. The number of carbonyl (C=O) groups excluding carboxylic acids is 2. The molecule has 0 saturated heterocycles. The molecular weight excluding hydrogens is 306 g/mol. The Bertz CT molecular complexity index is 633. The smallest absolute Gasteiger partial charge is 0.338 e. The van der Waals surface area contributed by atoms with Crippen LogP contribution in [0.3, 0.4) is 0 Å². The number of nitrogens with one attached hydrogen (secondary N) is 3. The van der Waals surface area contributed by atoms with Gasteiger partial charge in [0.15, 0.2) is 0 Å². The van der Waals surface area contributed by atoms with E-state index in [2.05, 4.69) is 16.0 Å². The average Bonchev–Trinajstić information content (AvgIpc) is 2.52. The lowest BCUT2D eigenvalue weighted by molar-refractivity contribution is -0.139. The summed E-state index contributed by atoms with van der Waals surface area (Å²) in [4.78, 5) is 24.6. The van der Waals surface area contributed by atoms with Crippen molar-refractivity contribution in [2.24, 2.45) is 0 Å². The number of rotatable bonds is 5. The van der Waals surface area contributed by atoms with Crippen molar-refractivity contribution in [2.75, 3.05) is 13.2 Å². The van der Waals surface area contributed by atoms with Crippen molar-refractivity contribution in [2.45, 2.75) is 39.3 Å². The van der Waals surface area contributed by atoms with Crippen molar-refractivity contribution in [1.82, 2.24) is 16.0 Å². The van der Waals surface area contributed by atoms with Crippen molar-refractivity contribution >= 4 is 12.0 Å². The normalized spacial score (nSPS) is 18.0. The molecule has 1 aromatic carbocycles. The number of amides is 2. The van der Waals surface area contributed by atoms with Crippen molar-refractivity contribution in [3.63, 3.8) is 0 Å². The van der Waals surface area contributed by atoms with Crippen LogP contribution < -0.4 is 16.0 Å². The summed E-state index contributed by atoms with van der Waals surface area (Å²) >= 11 is 0.